The van der Waals surface area contributed by atoms with Crippen LogP contribution >= 0.6 is 11.8 Å². The Bertz CT molecular complexity index is 1820. The molecule has 4 N–H and O–H groups in total. The molecule has 56 heavy (non-hydrogen) atoms. The van der Waals surface area contributed by atoms with Crippen LogP contribution < -0.4 is 67.8 Å². The molecule has 3 heterocycles. The Morgan fingerprint density at radius 2 is 1.61 bits per heavy atom. The topological polar surface area (TPSA) is 161 Å². The molecule has 302 valence electrons. The van der Waals surface area contributed by atoms with Gasteiger partial charge in [0.25, 0.3) is 5.91 Å². The second-order valence-electron chi connectivity index (χ2n) is 14.6. The summed E-state index contributed by atoms with van der Waals surface area (Å²) < 4.78 is 2.35. The molecule has 5 amide bonds. The quantitative estimate of drug-likeness (QED) is 0.102. The van der Waals surface area contributed by atoms with Gasteiger partial charge in [0.1, 0.15) is 5.78 Å². The van der Waals surface area contributed by atoms with E-state index in [1.807, 2.05) is 36.0 Å². The van der Waals surface area contributed by atoms with E-state index in [0.29, 0.717) is 19.6 Å². The SMILES string of the molecule is C.CC(C)=O.CC(N)=O.CCCCCn1c(SCC)c2ccccc2c1C1CC(=O)N(CC2CCC(C(=O)NCCc3ccc4c(c3)CNC4=O)CC2)C1=O.[H-].[K+]. The number of carbonyl (C=O) groups is 6. The van der Waals surface area contributed by atoms with Crippen LogP contribution in [0.2, 0.25) is 0 Å². The van der Waals surface area contributed by atoms with Crippen molar-refractivity contribution in [3.05, 3.63) is 64.8 Å². The van der Waals surface area contributed by atoms with Crippen LogP contribution in [0.1, 0.15) is 128 Å². The van der Waals surface area contributed by atoms with Crippen molar-refractivity contribution in [3.63, 3.8) is 0 Å². The first-order valence-corrected chi connectivity index (χ1v) is 20.3. The van der Waals surface area contributed by atoms with E-state index in [0.717, 1.165) is 91.4 Å². The number of Topliss-reactive ketones (excluding diaryl/α,β-unsaturated/α-hetero) is 1. The molecular weight excluding hydrogens is 754 g/mol. The van der Waals surface area contributed by atoms with Crippen LogP contribution in [0, 0.1) is 11.8 Å². The Balaban J connectivity index is 0.00000135. The van der Waals surface area contributed by atoms with E-state index in [-0.39, 0.29) is 114 Å². The number of amides is 5. The van der Waals surface area contributed by atoms with Crippen molar-refractivity contribution in [1.29, 1.82) is 0 Å². The summed E-state index contributed by atoms with van der Waals surface area (Å²) in [6.07, 6.45) is 7.46. The van der Waals surface area contributed by atoms with Gasteiger partial charge in [0.2, 0.25) is 23.6 Å². The minimum absolute atomic E-state index is 0. The maximum Gasteiger partial charge on any atom is 1.00 e. The summed E-state index contributed by atoms with van der Waals surface area (Å²) in [6, 6.07) is 14.2. The molecule has 3 aliphatic rings. The predicted molar refractivity (Wildman–Crippen MR) is 221 cm³/mol. The number of nitrogens with zero attached hydrogens (tertiary/aromatic N) is 2. The number of fused-ring (bicyclic) bond motifs is 2. The summed E-state index contributed by atoms with van der Waals surface area (Å²) in [5, 5.41) is 9.43. The van der Waals surface area contributed by atoms with Crippen molar-refractivity contribution in [1.82, 2.24) is 20.1 Å². The van der Waals surface area contributed by atoms with Crippen LogP contribution in [0.25, 0.3) is 10.8 Å². The molecular formula is C43H62KN5O6S. The Morgan fingerprint density at radius 3 is 2.23 bits per heavy atom. The average Bonchev–Trinajstić information content (AvgIpc) is 3.74. The second kappa shape index (κ2) is 24.2. The second-order valence-corrected chi connectivity index (χ2v) is 15.8. The van der Waals surface area contributed by atoms with E-state index in [9.17, 15) is 28.8 Å². The van der Waals surface area contributed by atoms with Gasteiger partial charge in [-0.3, -0.25) is 28.9 Å². The first kappa shape index (κ1) is 49.3. The Kier molecular flexibility index (Phi) is 21.3. The molecule has 1 unspecified atom stereocenters. The predicted octanol–water partition coefficient (Wildman–Crippen LogP) is 4.03. The van der Waals surface area contributed by atoms with Crippen LogP contribution in [0.5, 0.6) is 0 Å². The van der Waals surface area contributed by atoms with Crippen molar-refractivity contribution in [2.45, 2.75) is 124 Å². The number of unbranched alkanes of at least 4 members (excludes halogenated alkanes) is 2. The molecule has 0 radical (unpaired) electrons. The number of primary amides is 1. The molecule has 1 aromatic heterocycles. The number of imide groups is 1. The van der Waals surface area contributed by atoms with Gasteiger partial charge in [-0.1, -0.05) is 70.5 Å². The van der Waals surface area contributed by atoms with Gasteiger partial charge in [-0.25, -0.2) is 0 Å². The largest absolute Gasteiger partial charge is 1.00 e. The molecule has 1 saturated carbocycles. The molecule has 2 aliphatic heterocycles. The third-order valence-corrected chi connectivity index (χ3v) is 11.0. The zero-order chi connectivity index (χ0) is 39.4. The Morgan fingerprint density at radius 1 is 0.964 bits per heavy atom. The van der Waals surface area contributed by atoms with Crippen molar-refractivity contribution >= 4 is 57.9 Å². The molecule has 1 atom stereocenters. The number of hydrogen-bond acceptors (Lipinski definition) is 7. The summed E-state index contributed by atoms with van der Waals surface area (Å²) in [5.74, 6) is 0.435. The maximum absolute atomic E-state index is 14.0. The van der Waals surface area contributed by atoms with Crippen LogP contribution in [0.3, 0.4) is 0 Å². The molecule has 3 aromatic rings. The number of hydrogen-bond donors (Lipinski definition) is 3. The number of benzene rings is 2. The Labute approximate surface area is 381 Å². The third kappa shape index (κ3) is 13.4. The zero-order valence-corrected chi connectivity index (χ0v) is 37.4. The fraction of sp³-hybridized carbons (Fsp3) is 0.535. The first-order valence-electron chi connectivity index (χ1n) is 19.3. The summed E-state index contributed by atoms with van der Waals surface area (Å²) in [5.41, 5.74) is 8.35. The number of nitrogens with one attached hydrogen (secondary N) is 2. The molecule has 11 nitrogen and oxygen atoms in total. The zero-order valence-electron chi connectivity index (χ0n) is 34.5. The van der Waals surface area contributed by atoms with Crippen LogP contribution in [0.4, 0.5) is 0 Å². The van der Waals surface area contributed by atoms with Crippen molar-refractivity contribution in [3.8, 4) is 0 Å². The molecule has 2 fully saturated rings. The average molecular weight is 816 g/mol. The fourth-order valence-electron chi connectivity index (χ4n) is 7.57. The van der Waals surface area contributed by atoms with E-state index in [4.69, 9.17) is 0 Å². The van der Waals surface area contributed by atoms with Gasteiger partial charge in [-0.15, -0.1) is 11.8 Å². The maximum atomic E-state index is 14.0. The molecule has 2 aromatic carbocycles. The van der Waals surface area contributed by atoms with E-state index >= 15 is 0 Å². The number of rotatable bonds is 13. The minimum atomic E-state index is -0.449. The summed E-state index contributed by atoms with van der Waals surface area (Å²) >= 11 is 1.82. The monoisotopic (exact) mass is 815 g/mol. The van der Waals surface area contributed by atoms with E-state index < -0.39 is 5.92 Å². The van der Waals surface area contributed by atoms with Gasteiger partial charge in [0.15, 0.2) is 0 Å². The van der Waals surface area contributed by atoms with Gasteiger partial charge >= 0.3 is 51.4 Å². The standard InChI is InChI=1S/C37H46N4O4S.C3H6O.C2H5NO.CH4.K.H/c1-3-5-8-19-40-33(29-9-6-7-10-30(29)37(40)46-4-2)31-21-32(42)41(36(31)45)23-25-11-14-26(15-12-25)34(43)38-18-17-24-13-16-28-27(20-24)22-39-35(28)44;1-3(2)4;1-2(3)4;;;/h6-7,9-10,13,16,20,25-26,31H,3-5,8,11-12,14-15,17-19,21-23H2,1-2H3,(H,38,43)(H,39,44);1-2H3;1H3,(H2,3,4);1H4;;/q;;;;+1;-1. The number of likely N-dealkylation sites (tertiary alicyclic amines) is 1. The minimum Gasteiger partial charge on any atom is -1.00 e. The molecule has 0 bridgehead atoms. The van der Waals surface area contributed by atoms with Gasteiger partial charge in [-0.05, 0) is 81.2 Å². The van der Waals surface area contributed by atoms with E-state index in [2.05, 4.69) is 53.0 Å². The molecule has 1 saturated heterocycles. The number of thioether (sulfide) groups is 1. The smallest absolute Gasteiger partial charge is 1.00 e. The summed E-state index contributed by atoms with van der Waals surface area (Å²) in [6.45, 7) is 11.1. The summed E-state index contributed by atoms with van der Waals surface area (Å²) in [4.78, 5) is 72.3. The van der Waals surface area contributed by atoms with Crippen LogP contribution in [-0.4, -0.2) is 63.6 Å². The third-order valence-electron chi connectivity index (χ3n) is 10.0. The normalized spacial score (nSPS) is 18.3. The first-order chi connectivity index (χ1) is 25.9. The molecule has 0 spiro atoms. The summed E-state index contributed by atoms with van der Waals surface area (Å²) in [7, 11) is 0. The molecule has 1 aliphatic carbocycles. The van der Waals surface area contributed by atoms with Crippen molar-refractivity contribution in [2.24, 2.45) is 17.6 Å². The molecule has 13 heteroatoms. The van der Waals surface area contributed by atoms with E-state index in [1.54, 1.807) is 0 Å². The van der Waals surface area contributed by atoms with Crippen LogP contribution in [0.15, 0.2) is 47.5 Å². The van der Waals surface area contributed by atoms with E-state index in [1.165, 1.54) is 36.1 Å². The Hall–Kier alpha value is -2.81. The number of nitrogens with two attached hydrogens (primary N) is 1. The number of aromatic nitrogens is 1. The van der Waals surface area contributed by atoms with Crippen molar-refractivity contribution < 1.29 is 81.6 Å². The molecule has 6 rings (SSSR count). The van der Waals surface area contributed by atoms with Gasteiger partial charge in [0, 0.05) is 67.5 Å². The van der Waals surface area contributed by atoms with Crippen LogP contribution in [-0.2, 0) is 43.5 Å². The van der Waals surface area contributed by atoms with Gasteiger partial charge in [-0.2, -0.15) is 0 Å². The van der Waals surface area contributed by atoms with Gasteiger partial charge in [0.05, 0.1) is 10.9 Å². The number of ketones is 1. The van der Waals surface area contributed by atoms with Crippen molar-refractivity contribution in [2.75, 3.05) is 18.8 Å². The fourth-order valence-corrected chi connectivity index (χ4v) is 8.53. The van der Waals surface area contributed by atoms with Gasteiger partial charge < -0.3 is 27.2 Å². The number of carbonyl (C=O) groups excluding carboxylic acids is 6.